The van der Waals surface area contributed by atoms with Crippen LogP contribution < -0.4 is 0 Å². The van der Waals surface area contributed by atoms with Gasteiger partial charge in [-0.1, -0.05) is 65.0 Å². The molecular formula is C25H48N2O2Si2. The van der Waals surface area contributed by atoms with Crippen LogP contribution in [0.3, 0.4) is 0 Å². The predicted molar refractivity (Wildman–Crippen MR) is 135 cm³/mol. The monoisotopic (exact) mass is 464 g/mol. The van der Waals surface area contributed by atoms with Crippen molar-refractivity contribution < 1.29 is 9.59 Å². The molecule has 2 aliphatic carbocycles. The second kappa shape index (κ2) is 10.1. The van der Waals surface area contributed by atoms with Crippen molar-refractivity contribution in [3.63, 3.8) is 0 Å². The minimum absolute atomic E-state index is 0.128. The van der Waals surface area contributed by atoms with Gasteiger partial charge in [-0.25, -0.2) is 0 Å². The molecule has 4 nitrogen and oxygen atoms in total. The van der Waals surface area contributed by atoms with Gasteiger partial charge in [0.05, 0.1) is 0 Å². The van der Waals surface area contributed by atoms with E-state index in [0.29, 0.717) is 0 Å². The van der Waals surface area contributed by atoms with E-state index in [-0.39, 0.29) is 23.7 Å². The number of rotatable bonds is 4. The van der Waals surface area contributed by atoms with Gasteiger partial charge in [-0.3, -0.25) is 19.6 Å². The van der Waals surface area contributed by atoms with Crippen LogP contribution in [0.5, 0.6) is 0 Å². The number of hydrogen-bond donors (Lipinski definition) is 0. The lowest BCUT2D eigenvalue weighted by Gasteiger charge is -2.42. The Balaban J connectivity index is 1.64. The van der Waals surface area contributed by atoms with Crippen molar-refractivity contribution in [3.05, 3.63) is 0 Å². The Labute approximate surface area is 193 Å². The zero-order valence-corrected chi connectivity index (χ0v) is 23.2. The zero-order chi connectivity index (χ0) is 22.8. The third-order valence-corrected chi connectivity index (χ3v) is 14.7. The summed E-state index contributed by atoms with van der Waals surface area (Å²) in [7, 11) is -2.26. The Morgan fingerprint density at radius 3 is 1.16 bits per heavy atom. The lowest BCUT2D eigenvalue weighted by Crippen LogP contribution is -2.54. The molecule has 0 atom stereocenters. The summed E-state index contributed by atoms with van der Waals surface area (Å²) in [4.78, 5) is 27.2. The molecule has 0 unspecified atom stereocenters. The van der Waals surface area contributed by atoms with Gasteiger partial charge in [0.15, 0.2) is 0 Å². The average Bonchev–Trinajstić information content (AvgIpc) is 2.98. The second-order valence-electron chi connectivity index (χ2n) is 12.8. The highest BCUT2D eigenvalue weighted by Gasteiger charge is 2.40. The van der Waals surface area contributed by atoms with Gasteiger partial charge in [-0.05, 0) is 56.0 Å². The van der Waals surface area contributed by atoms with Gasteiger partial charge in [0.2, 0.25) is 11.8 Å². The Morgan fingerprint density at radius 2 is 0.871 bits per heavy atom. The minimum Gasteiger partial charge on any atom is -0.273 e. The molecule has 1 heterocycles. The Hall–Kier alpha value is -0.626. The molecular weight excluding hydrogens is 416 g/mol. The summed E-state index contributed by atoms with van der Waals surface area (Å²) in [6.45, 7) is 16.3. The normalized spacial score (nSPS) is 31.3. The molecule has 1 saturated heterocycles. The van der Waals surface area contributed by atoms with Crippen molar-refractivity contribution in [2.75, 3.05) is 13.1 Å². The summed E-state index contributed by atoms with van der Waals surface area (Å²) in [5, 5.41) is 3.83. The maximum absolute atomic E-state index is 13.6. The zero-order valence-electron chi connectivity index (χ0n) is 21.2. The van der Waals surface area contributed by atoms with E-state index in [9.17, 15) is 9.59 Å². The van der Waals surface area contributed by atoms with Crippen LogP contribution >= 0.6 is 0 Å². The fourth-order valence-electron chi connectivity index (χ4n) is 6.23. The number of carbonyl (C=O) groups is 2. The molecule has 0 spiro atoms. The van der Waals surface area contributed by atoms with Crippen LogP contribution in [0.25, 0.3) is 0 Å². The first-order valence-electron chi connectivity index (χ1n) is 13.1. The van der Waals surface area contributed by atoms with Crippen LogP contribution in [0.4, 0.5) is 0 Å². The van der Waals surface area contributed by atoms with E-state index in [0.717, 1.165) is 69.1 Å². The van der Waals surface area contributed by atoms with Crippen molar-refractivity contribution in [1.29, 1.82) is 0 Å². The highest BCUT2D eigenvalue weighted by atomic mass is 28.3. The van der Waals surface area contributed by atoms with E-state index >= 15 is 0 Å². The number of nitrogens with zero attached hydrogens (tertiary/aromatic N) is 2. The maximum Gasteiger partial charge on any atom is 0.244 e. The molecule has 0 radical (unpaired) electrons. The Bertz CT molecular complexity index is 570. The van der Waals surface area contributed by atoms with Crippen LogP contribution in [0.15, 0.2) is 0 Å². The second-order valence-corrected chi connectivity index (χ2v) is 23.9. The van der Waals surface area contributed by atoms with Gasteiger partial charge < -0.3 is 0 Å². The van der Waals surface area contributed by atoms with Crippen molar-refractivity contribution in [2.45, 2.75) is 121 Å². The number of hydrazine groups is 1. The highest BCUT2D eigenvalue weighted by molar-refractivity contribution is 6.77. The Morgan fingerprint density at radius 1 is 0.548 bits per heavy atom. The first-order valence-corrected chi connectivity index (χ1v) is 20.3. The number of amides is 2. The fourth-order valence-corrected chi connectivity index (χ4v) is 10.4. The molecule has 0 aromatic carbocycles. The highest BCUT2D eigenvalue weighted by Crippen LogP contribution is 2.42. The predicted octanol–water partition coefficient (Wildman–Crippen LogP) is 6.54. The largest absolute Gasteiger partial charge is 0.273 e. The molecule has 2 amide bonds. The van der Waals surface area contributed by atoms with Crippen molar-refractivity contribution in [3.8, 4) is 0 Å². The van der Waals surface area contributed by atoms with Crippen LogP contribution in [-0.2, 0) is 9.59 Å². The van der Waals surface area contributed by atoms with E-state index in [4.69, 9.17) is 0 Å². The van der Waals surface area contributed by atoms with Gasteiger partial charge in [-0.2, -0.15) is 0 Å². The summed E-state index contributed by atoms with van der Waals surface area (Å²) < 4.78 is 0. The van der Waals surface area contributed by atoms with Crippen LogP contribution in [0.2, 0.25) is 50.4 Å². The fraction of sp³-hybridized carbons (Fsp3) is 0.920. The molecule has 0 N–H and O–H groups in total. The van der Waals surface area contributed by atoms with Gasteiger partial charge in [-0.15, -0.1) is 0 Å². The van der Waals surface area contributed by atoms with E-state index in [1.54, 1.807) is 0 Å². The lowest BCUT2D eigenvalue weighted by molar-refractivity contribution is -0.169. The Kier molecular flexibility index (Phi) is 8.15. The van der Waals surface area contributed by atoms with E-state index in [1.165, 1.54) is 25.7 Å². The summed E-state index contributed by atoms with van der Waals surface area (Å²) in [5.74, 6) is 0.757. The van der Waals surface area contributed by atoms with Gasteiger partial charge in [0.25, 0.3) is 0 Å². The van der Waals surface area contributed by atoms with Gasteiger partial charge >= 0.3 is 0 Å². The first-order chi connectivity index (χ1) is 14.5. The quantitative estimate of drug-likeness (QED) is 0.443. The summed E-state index contributed by atoms with van der Waals surface area (Å²) in [6, 6.07) is 0. The van der Waals surface area contributed by atoms with E-state index < -0.39 is 16.1 Å². The molecule has 3 fully saturated rings. The molecule has 178 valence electrons. The van der Waals surface area contributed by atoms with E-state index in [2.05, 4.69) is 39.3 Å². The maximum atomic E-state index is 13.6. The number of carbonyl (C=O) groups excluding carboxylic acids is 2. The van der Waals surface area contributed by atoms with Gasteiger partial charge in [0, 0.05) is 41.1 Å². The third-order valence-electron chi connectivity index (χ3n) is 8.64. The number of hydrogen-bond acceptors (Lipinski definition) is 2. The topological polar surface area (TPSA) is 40.6 Å². The minimum atomic E-state index is -1.13. The van der Waals surface area contributed by atoms with Crippen molar-refractivity contribution >= 4 is 28.0 Å². The van der Waals surface area contributed by atoms with Gasteiger partial charge in [0.1, 0.15) is 0 Å². The smallest absolute Gasteiger partial charge is 0.244 e. The molecule has 2 saturated carbocycles. The summed E-state index contributed by atoms with van der Waals surface area (Å²) in [6.07, 6.45) is 12.1. The van der Waals surface area contributed by atoms with Crippen LogP contribution in [0.1, 0.15) is 70.6 Å². The molecule has 3 rings (SSSR count). The first kappa shape index (κ1) is 25.0. The summed E-state index contributed by atoms with van der Waals surface area (Å²) in [5.41, 5.74) is 1.69. The van der Waals surface area contributed by atoms with Crippen molar-refractivity contribution in [1.82, 2.24) is 10.0 Å². The molecule has 6 heteroatoms. The summed E-state index contributed by atoms with van der Waals surface area (Å²) >= 11 is 0. The third kappa shape index (κ3) is 6.24. The molecule has 3 aliphatic rings. The van der Waals surface area contributed by atoms with Crippen LogP contribution in [0, 0.1) is 11.8 Å². The molecule has 31 heavy (non-hydrogen) atoms. The van der Waals surface area contributed by atoms with Crippen molar-refractivity contribution in [2.24, 2.45) is 11.8 Å². The standard InChI is InChI=1S/C25H48N2O2Si2/c1-30(2,3)22-14-10-20(11-15-22)24(28)26-18-8-7-9-19-27(26)25(29)21-12-16-23(17-13-21)31(4,5)6/h20-23H,7-19H2,1-6H3. The van der Waals surface area contributed by atoms with E-state index in [1.807, 2.05) is 10.0 Å². The molecule has 0 aromatic heterocycles. The molecule has 0 bridgehead atoms. The molecule has 1 aliphatic heterocycles. The lowest BCUT2D eigenvalue weighted by atomic mass is 9.87. The van der Waals surface area contributed by atoms with Crippen LogP contribution in [-0.4, -0.2) is 51.1 Å². The average molecular weight is 465 g/mol. The molecule has 0 aromatic rings. The SMILES string of the molecule is C[Si](C)(C)C1CCC(C(=O)N2CCCCCN2C(=O)C2CCC([Si](C)(C)C)CC2)CC1.